The Bertz CT molecular complexity index is 783. The normalized spacial score (nSPS) is 20.7. The van der Waals surface area contributed by atoms with Gasteiger partial charge < -0.3 is 0 Å². The van der Waals surface area contributed by atoms with Gasteiger partial charge in [-0.25, -0.2) is 0 Å². The van der Waals surface area contributed by atoms with Crippen molar-refractivity contribution in [3.63, 3.8) is 0 Å². The molecule has 1 heteroatoms. The van der Waals surface area contributed by atoms with Gasteiger partial charge in [0.2, 0.25) is 0 Å². The molecule has 0 bridgehead atoms. The van der Waals surface area contributed by atoms with E-state index < -0.39 is 23.2 Å². The number of fused-ring (bicyclic) bond motifs is 2. The van der Waals surface area contributed by atoms with Crippen LogP contribution in [0.1, 0.15) is 51.8 Å². The summed E-state index contributed by atoms with van der Waals surface area (Å²) in [6.45, 7) is 8.93. The number of hydrogen-bond donors (Lipinski definition) is 0. The van der Waals surface area contributed by atoms with Gasteiger partial charge in [0.25, 0.3) is 0 Å². The van der Waals surface area contributed by atoms with Crippen LogP contribution in [0.3, 0.4) is 0 Å². The molecule has 0 radical (unpaired) electrons. The van der Waals surface area contributed by atoms with Crippen molar-refractivity contribution in [2.24, 2.45) is 0 Å². The van der Waals surface area contributed by atoms with Crippen LogP contribution in [0.15, 0.2) is 36.4 Å². The maximum atomic E-state index is 2.47. The van der Waals surface area contributed by atoms with Crippen molar-refractivity contribution >= 4 is 12.2 Å². The topological polar surface area (TPSA) is 0 Å². The van der Waals surface area contributed by atoms with Crippen LogP contribution in [0.4, 0.5) is 0 Å². The summed E-state index contributed by atoms with van der Waals surface area (Å²) >= 11 is -0.611. The predicted octanol–water partition coefficient (Wildman–Crippen LogP) is 5.84. The molecule has 0 saturated heterocycles. The average molecular weight is 378 g/mol. The van der Waals surface area contributed by atoms with Crippen molar-refractivity contribution in [1.29, 1.82) is 0 Å². The fraction of sp³-hybridized carbons (Fsp3) is 0.273. The summed E-state index contributed by atoms with van der Waals surface area (Å²) in [7, 11) is 0. The van der Waals surface area contributed by atoms with E-state index in [1.54, 1.807) is 11.1 Å². The molecular formula is C22H22Zr. The molecule has 0 fully saturated rings. The minimum atomic E-state index is -0.611. The quantitative estimate of drug-likeness (QED) is 0.617. The molecule has 0 amide bonds. The summed E-state index contributed by atoms with van der Waals surface area (Å²) in [4.78, 5) is 0. The van der Waals surface area contributed by atoms with E-state index in [1.807, 2.05) is 0 Å². The van der Waals surface area contributed by atoms with E-state index in [1.165, 1.54) is 33.4 Å². The third kappa shape index (κ3) is 2.64. The average Bonchev–Trinajstić information content (AvgIpc) is 3.07. The van der Waals surface area contributed by atoms with Crippen LogP contribution < -0.4 is 0 Å². The number of hydrogen-bond acceptors (Lipinski definition) is 0. The fourth-order valence-corrected chi connectivity index (χ4v) is 7.72. The second kappa shape index (κ2) is 5.71. The van der Waals surface area contributed by atoms with Crippen molar-refractivity contribution in [2.75, 3.05) is 0 Å². The van der Waals surface area contributed by atoms with Crippen molar-refractivity contribution in [3.05, 3.63) is 80.9 Å². The molecule has 0 aliphatic heterocycles. The van der Waals surface area contributed by atoms with Crippen molar-refractivity contribution in [2.45, 2.75) is 34.9 Å². The van der Waals surface area contributed by atoms with E-state index in [0.29, 0.717) is 0 Å². The molecule has 2 aliphatic carbocycles. The Hall–Kier alpha value is -1.20. The van der Waals surface area contributed by atoms with Gasteiger partial charge in [0.1, 0.15) is 0 Å². The van der Waals surface area contributed by atoms with Gasteiger partial charge >= 0.3 is 151 Å². The van der Waals surface area contributed by atoms with Crippen molar-refractivity contribution < 1.29 is 23.2 Å². The maximum absolute atomic E-state index is 2.47. The molecule has 0 aromatic heterocycles. The summed E-state index contributed by atoms with van der Waals surface area (Å²) in [6, 6.07) is 9.62. The molecule has 0 N–H and O–H groups in total. The molecule has 0 saturated carbocycles. The van der Waals surface area contributed by atoms with Gasteiger partial charge in [-0.15, -0.1) is 0 Å². The first kappa shape index (κ1) is 15.3. The van der Waals surface area contributed by atoms with Crippen LogP contribution in [0.25, 0.3) is 12.2 Å². The molecular weight excluding hydrogens is 355 g/mol. The zero-order valence-electron chi connectivity index (χ0n) is 14.3. The van der Waals surface area contributed by atoms with Crippen molar-refractivity contribution in [3.8, 4) is 0 Å². The summed E-state index contributed by atoms with van der Waals surface area (Å²) < 4.78 is 1.44. The van der Waals surface area contributed by atoms with E-state index in [9.17, 15) is 0 Å². The second-order valence-corrected chi connectivity index (χ2v) is 10.8. The standard InChI is InChI=1S/2C11H11.Zr/c2*1-8-6-10-4-3-5-11(10)7-9(8)2;/h2*3-7H,1-2H3;. The SMILES string of the molecule is Cc1cc2c(cc1C)[CH]([Zr][CH]1C=Cc3cc(C)c(C)cc31)C=C2. The molecule has 2 aromatic carbocycles. The number of aryl methyl sites for hydroxylation is 4. The molecule has 23 heavy (non-hydrogen) atoms. The number of benzene rings is 2. The number of allylic oxidation sites excluding steroid dienone is 2. The first-order valence-corrected chi connectivity index (χ1v) is 11.2. The number of rotatable bonds is 2. The summed E-state index contributed by atoms with van der Waals surface area (Å²) in [6.07, 6.45) is 9.66. The Kier molecular flexibility index (Phi) is 3.81. The van der Waals surface area contributed by atoms with Gasteiger partial charge in [0.15, 0.2) is 0 Å². The Balaban J connectivity index is 1.64. The van der Waals surface area contributed by atoms with Crippen LogP contribution in [0, 0.1) is 27.7 Å². The summed E-state index contributed by atoms with van der Waals surface area (Å²) in [5, 5.41) is 0. The predicted molar refractivity (Wildman–Crippen MR) is 95.4 cm³/mol. The van der Waals surface area contributed by atoms with Gasteiger partial charge in [-0.1, -0.05) is 0 Å². The van der Waals surface area contributed by atoms with E-state index in [0.717, 1.165) is 7.25 Å². The molecule has 4 rings (SSSR count). The second-order valence-electron chi connectivity index (χ2n) is 6.97. The van der Waals surface area contributed by atoms with Gasteiger partial charge in [0.05, 0.1) is 0 Å². The Morgan fingerprint density at radius 2 is 1.00 bits per heavy atom. The Labute approximate surface area is 150 Å². The first-order valence-electron chi connectivity index (χ1n) is 8.37. The molecule has 2 aliphatic rings. The van der Waals surface area contributed by atoms with Crippen LogP contribution >= 0.6 is 0 Å². The first-order chi connectivity index (χ1) is 11.0. The van der Waals surface area contributed by atoms with Crippen LogP contribution in [-0.2, 0) is 23.2 Å². The molecule has 0 nitrogen and oxygen atoms in total. The molecule has 2 unspecified atom stereocenters. The minimum absolute atomic E-state index is 0.611. The zero-order chi connectivity index (χ0) is 16.1. The van der Waals surface area contributed by atoms with E-state index in [2.05, 4.69) is 76.3 Å². The molecule has 2 aromatic rings. The molecule has 2 atom stereocenters. The van der Waals surface area contributed by atoms with Crippen LogP contribution in [-0.4, -0.2) is 0 Å². The zero-order valence-corrected chi connectivity index (χ0v) is 16.7. The van der Waals surface area contributed by atoms with Gasteiger partial charge in [-0.3, -0.25) is 0 Å². The van der Waals surface area contributed by atoms with E-state index >= 15 is 0 Å². The van der Waals surface area contributed by atoms with Crippen molar-refractivity contribution in [1.82, 2.24) is 0 Å². The van der Waals surface area contributed by atoms with Crippen LogP contribution in [0.5, 0.6) is 0 Å². The van der Waals surface area contributed by atoms with Gasteiger partial charge in [0, 0.05) is 0 Å². The summed E-state index contributed by atoms with van der Waals surface area (Å²) in [5.74, 6) is 0. The molecule has 0 heterocycles. The summed E-state index contributed by atoms with van der Waals surface area (Å²) in [5.41, 5.74) is 11.8. The van der Waals surface area contributed by atoms with E-state index in [4.69, 9.17) is 0 Å². The monoisotopic (exact) mass is 376 g/mol. The van der Waals surface area contributed by atoms with E-state index in [-0.39, 0.29) is 0 Å². The van der Waals surface area contributed by atoms with Gasteiger partial charge in [-0.2, -0.15) is 0 Å². The molecule has 0 spiro atoms. The molecule has 114 valence electrons. The Morgan fingerprint density at radius 3 is 1.43 bits per heavy atom. The third-order valence-corrected chi connectivity index (χ3v) is 9.60. The third-order valence-electron chi connectivity index (χ3n) is 5.36. The Morgan fingerprint density at radius 1 is 0.609 bits per heavy atom. The fourth-order valence-electron chi connectivity index (χ4n) is 3.64. The van der Waals surface area contributed by atoms with Crippen LogP contribution in [0.2, 0.25) is 0 Å². The van der Waals surface area contributed by atoms with Gasteiger partial charge in [-0.05, 0) is 0 Å².